The van der Waals surface area contributed by atoms with E-state index in [0.29, 0.717) is 20.6 Å². The number of pyridine rings is 1. The number of rotatable bonds is 4. The molecule has 0 radical (unpaired) electrons. The number of ether oxygens (including phenoxy) is 1. The summed E-state index contributed by atoms with van der Waals surface area (Å²) in [5, 5.41) is 7.00. The Kier molecular flexibility index (Phi) is 5.08. The summed E-state index contributed by atoms with van der Waals surface area (Å²) in [4.78, 5) is 29.5. The van der Waals surface area contributed by atoms with Crippen molar-refractivity contribution >= 4 is 55.5 Å². The van der Waals surface area contributed by atoms with Gasteiger partial charge in [0.25, 0.3) is 5.91 Å². The first kappa shape index (κ1) is 16.8. The molecule has 0 atom stereocenters. The Bertz CT molecular complexity index is 891. The van der Waals surface area contributed by atoms with Crippen molar-refractivity contribution in [1.82, 2.24) is 4.98 Å². The summed E-state index contributed by atoms with van der Waals surface area (Å²) in [5.41, 5.74) is 1.51. The Labute approximate surface area is 154 Å². The molecule has 0 spiro atoms. The van der Waals surface area contributed by atoms with E-state index in [2.05, 4.69) is 26.2 Å². The number of hydrogen-bond donors (Lipinski definition) is 1. The van der Waals surface area contributed by atoms with Gasteiger partial charge in [0.2, 0.25) is 0 Å². The fourth-order valence-electron chi connectivity index (χ4n) is 2.08. The van der Waals surface area contributed by atoms with Crippen LogP contribution < -0.4 is 5.32 Å². The lowest BCUT2D eigenvalue weighted by Gasteiger charge is -2.07. The molecule has 0 aliphatic carbocycles. The molecule has 8 heteroatoms. The lowest BCUT2D eigenvalue weighted by molar-refractivity contribution is 0.0603. The Hall–Kier alpha value is -2.03. The van der Waals surface area contributed by atoms with Gasteiger partial charge in [0.05, 0.1) is 12.7 Å². The standard InChI is InChI=1S/C16H11BrN2O3S2/c1-22-16(21)13-11(12-3-2-4-23-12)8-24-15(13)19-14(20)9-5-10(17)7-18-6-9/h2-8H,1H3,(H,19,20). The zero-order chi connectivity index (χ0) is 17.1. The molecule has 3 rings (SSSR count). The normalized spacial score (nSPS) is 10.4. The Morgan fingerprint density at radius 1 is 1.29 bits per heavy atom. The lowest BCUT2D eigenvalue weighted by atomic mass is 10.1. The summed E-state index contributed by atoms with van der Waals surface area (Å²) < 4.78 is 5.58. The minimum absolute atomic E-state index is 0.339. The van der Waals surface area contributed by atoms with Crippen LogP contribution in [0.1, 0.15) is 20.7 Å². The van der Waals surface area contributed by atoms with Gasteiger partial charge >= 0.3 is 5.97 Å². The predicted molar refractivity (Wildman–Crippen MR) is 98.9 cm³/mol. The number of amides is 1. The van der Waals surface area contributed by atoms with Gasteiger partial charge in [0.15, 0.2) is 0 Å². The monoisotopic (exact) mass is 422 g/mol. The second kappa shape index (κ2) is 7.25. The quantitative estimate of drug-likeness (QED) is 0.620. The van der Waals surface area contributed by atoms with E-state index >= 15 is 0 Å². The molecule has 0 aliphatic heterocycles. The largest absolute Gasteiger partial charge is 0.465 e. The average Bonchev–Trinajstić information content (AvgIpc) is 3.23. The highest BCUT2D eigenvalue weighted by atomic mass is 79.9. The van der Waals surface area contributed by atoms with Crippen molar-refractivity contribution in [3.63, 3.8) is 0 Å². The van der Waals surface area contributed by atoms with Crippen molar-refractivity contribution in [3.8, 4) is 10.4 Å². The molecule has 24 heavy (non-hydrogen) atoms. The van der Waals surface area contributed by atoms with E-state index in [9.17, 15) is 9.59 Å². The Morgan fingerprint density at radius 3 is 2.79 bits per heavy atom. The van der Waals surface area contributed by atoms with Crippen LogP contribution in [0.4, 0.5) is 5.00 Å². The lowest BCUT2D eigenvalue weighted by Crippen LogP contribution is -2.14. The van der Waals surface area contributed by atoms with Gasteiger partial charge in [-0.25, -0.2) is 4.79 Å². The van der Waals surface area contributed by atoms with Gasteiger partial charge < -0.3 is 10.1 Å². The highest BCUT2D eigenvalue weighted by molar-refractivity contribution is 9.10. The van der Waals surface area contributed by atoms with Crippen LogP contribution in [0.25, 0.3) is 10.4 Å². The summed E-state index contributed by atoms with van der Waals surface area (Å²) >= 11 is 6.09. The molecule has 3 aromatic heterocycles. The van der Waals surface area contributed by atoms with Crippen molar-refractivity contribution in [3.05, 3.63) is 57.0 Å². The fourth-order valence-corrected chi connectivity index (χ4v) is 4.21. The second-order valence-electron chi connectivity index (χ2n) is 4.67. The van der Waals surface area contributed by atoms with E-state index in [-0.39, 0.29) is 5.91 Å². The molecular weight excluding hydrogens is 412 g/mol. The van der Waals surface area contributed by atoms with Gasteiger partial charge in [0, 0.05) is 32.7 Å². The number of nitrogens with zero attached hydrogens (tertiary/aromatic N) is 1. The number of halogens is 1. The molecule has 0 unspecified atom stereocenters. The molecule has 5 nitrogen and oxygen atoms in total. The number of carbonyl (C=O) groups is 2. The van der Waals surface area contributed by atoms with Crippen LogP contribution in [-0.2, 0) is 4.74 Å². The molecule has 0 saturated heterocycles. The first-order chi connectivity index (χ1) is 11.6. The van der Waals surface area contributed by atoms with Gasteiger partial charge in [-0.2, -0.15) is 0 Å². The van der Waals surface area contributed by atoms with Crippen LogP contribution in [0.15, 0.2) is 45.8 Å². The molecule has 0 fully saturated rings. The molecule has 0 aromatic carbocycles. The van der Waals surface area contributed by atoms with Gasteiger partial charge in [-0.05, 0) is 33.4 Å². The topological polar surface area (TPSA) is 68.3 Å². The minimum atomic E-state index is -0.484. The number of thiophene rings is 2. The van der Waals surface area contributed by atoms with Crippen molar-refractivity contribution in [2.75, 3.05) is 12.4 Å². The molecule has 3 heterocycles. The number of anilines is 1. The first-order valence-electron chi connectivity index (χ1n) is 6.75. The fraction of sp³-hybridized carbons (Fsp3) is 0.0625. The van der Waals surface area contributed by atoms with E-state index in [1.807, 2.05) is 22.9 Å². The zero-order valence-electron chi connectivity index (χ0n) is 12.4. The van der Waals surface area contributed by atoms with E-state index in [0.717, 1.165) is 10.4 Å². The molecule has 1 amide bonds. The number of nitrogens with one attached hydrogen (secondary N) is 1. The van der Waals surface area contributed by atoms with Gasteiger partial charge in [0.1, 0.15) is 10.6 Å². The number of hydrogen-bond acceptors (Lipinski definition) is 6. The minimum Gasteiger partial charge on any atom is -0.465 e. The summed E-state index contributed by atoms with van der Waals surface area (Å²) in [5.74, 6) is -0.823. The molecule has 0 bridgehead atoms. The molecule has 3 aromatic rings. The van der Waals surface area contributed by atoms with E-state index in [4.69, 9.17) is 4.74 Å². The smallest absolute Gasteiger partial charge is 0.341 e. The third-order valence-electron chi connectivity index (χ3n) is 3.16. The van der Waals surface area contributed by atoms with Gasteiger partial charge in [-0.1, -0.05) is 6.07 Å². The van der Waals surface area contributed by atoms with Crippen molar-refractivity contribution in [2.45, 2.75) is 0 Å². The average molecular weight is 423 g/mol. The highest BCUT2D eigenvalue weighted by Crippen LogP contribution is 2.38. The Balaban J connectivity index is 1.96. The van der Waals surface area contributed by atoms with Crippen LogP contribution in [-0.4, -0.2) is 24.0 Å². The third-order valence-corrected chi connectivity index (χ3v) is 5.39. The second-order valence-corrected chi connectivity index (χ2v) is 7.41. The highest BCUT2D eigenvalue weighted by Gasteiger charge is 2.23. The number of aromatic nitrogens is 1. The molecule has 0 saturated carbocycles. The summed E-state index contributed by atoms with van der Waals surface area (Å²) in [6, 6.07) is 5.49. The number of carbonyl (C=O) groups excluding carboxylic acids is 2. The number of esters is 1. The summed E-state index contributed by atoms with van der Waals surface area (Å²) in [6.45, 7) is 0. The SMILES string of the molecule is COC(=O)c1c(-c2cccs2)csc1NC(=O)c1cncc(Br)c1. The van der Waals surface area contributed by atoms with Crippen molar-refractivity contribution < 1.29 is 14.3 Å². The maximum atomic E-state index is 12.4. The van der Waals surface area contributed by atoms with Crippen LogP contribution in [0, 0.1) is 0 Å². The Morgan fingerprint density at radius 2 is 2.12 bits per heavy atom. The van der Waals surface area contributed by atoms with Crippen LogP contribution in [0.5, 0.6) is 0 Å². The maximum absolute atomic E-state index is 12.4. The third kappa shape index (κ3) is 3.40. The molecular formula is C16H11BrN2O3S2. The molecule has 1 N–H and O–H groups in total. The molecule has 0 aliphatic rings. The van der Waals surface area contributed by atoms with Gasteiger partial charge in [-0.3, -0.25) is 9.78 Å². The van der Waals surface area contributed by atoms with Gasteiger partial charge in [-0.15, -0.1) is 22.7 Å². The van der Waals surface area contributed by atoms with Crippen molar-refractivity contribution in [2.24, 2.45) is 0 Å². The first-order valence-corrected chi connectivity index (χ1v) is 9.31. The van der Waals surface area contributed by atoms with E-state index in [1.54, 1.807) is 12.3 Å². The van der Waals surface area contributed by atoms with Crippen LogP contribution >= 0.6 is 38.6 Å². The zero-order valence-corrected chi connectivity index (χ0v) is 15.6. The molecule has 122 valence electrons. The number of methoxy groups -OCH3 is 1. The van der Waals surface area contributed by atoms with Crippen LogP contribution in [0.3, 0.4) is 0 Å². The predicted octanol–water partition coefficient (Wildman–Crippen LogP) is 4.67. The summed E-state index contributed by atoms with van der Waals surface area (Å²) in [6.07, 6.45) is 3.06. The van der Waals surface area contributed by atoms with Crippen LogP contribution in [0.2, 0.25) is 0 Å². The van der Waals surface area contributed by atoms with E-state index in [1.165, 1.54) is 36.0 Å². The van der Waals surface area contributed by atoms with Crippen molar-refractivity contribution in [1.29, 1.82) is 0 Å². The summed E-state index contributed by atoms with van der Waals surface area (Å²) in [7, 11) is 1.32. The maximum Gasteiger partial charge on any atom is 0.341 e. The van der Waals surface area contributed by atoms with E-state index < -0.39 is 5.97 Å².